The lowest BCUT2D eigenvalue weighted by Crippen LogP contribution is -2.39. The van der Waals surface area contributed by atoms with Crippen LogP contribution in [0.5, 0.6) is 0 Å². The van der Waals surface area contributed by atoms with E-state index in [1.807, 2.05) is 27.8 Å². The first kappa shape index (κ1) is 15.4. The van der Waals surface area contributed by atoms with Crippen LogP contribution in [0.25, 0.3) is 0 Å². The van der Waals surface area contributed by atoms with E-state index >= 15 is 0 Å². The van der Waals surface area contributed by atoms with Crippen molar-refractivity contribution in [1.29, 1.82) is 0 Å². The summed E-state index contributed by atoms with van der Waals surface area (Å²) in [5.74, 6) is 0.664. The topological polar surface area (TPSA) is 29.5 Å². The summed E-state index contributed by atoms with van der Waals surface area (Å²) in [6, 6.07) is 0.274. The van der Waals surface area contributed by atoms with Gasteiger partial charge >= 0.3 is 0 Å². The number of carbonyl (C=O) groups excluding carboxylic acids is 1. The molecule has 0 fully saturated rings. The van der Waals surface area contributed by atoms with Gasteiger partial charge in [0.1, 0.15) is 6.61 Å². The Bertz CT molecular complexity index is 218. The molecule has 1 unspecified atom stereocenters. The lowest BCUT2D eigenvalue weighted by atomic mass is 10.0. The molecule has 0 rings (SSSR count). The zero-order valence-electron chi connectivity index (χ0n) is 11.8. The molecule has 0 N–H and O–H groups in total. The highest BCUT2D eigenvalue weighted by Crippen LogP contribution is 2.11. The van der Waals surface area contributed by atoms with Crippen molar-refractivity contribution in [2.75, 3.05) is 13.7 Å². The number of nitrogens with zero attached hydrogens (tertiary/aromatic N) is 1. The maximum Gasteiger partial charge on any atom is 0.248 e. The monoisotopic (exact) mass is 229 g/mol. The molecule has 0 bridgehead atoms. The third-order valence-electron chi connectivity index (χ3n) is 2.50. The normalized spacial score (nSPS) is 14.0. The second kappa shape index (κ2) is 6.24. The van der Waals surface area contributed by atoms with Gasteiger partial charge < -0.3 is 9.64 Å². The molecule has 1 amide bonds. The van der Waals surface area contributed by atoms with Crippen LogP contribution < -0.4 is 0 Å². The largest absolute Gasteiger partial charge is 0.366 e. The third kappa shape index (κ3) is 6.83. The maximum atomic E-state index is 11.8. The van der Waals surface area contributed by atoms with Crippen molar-refractivity contribution in [3.05, 3.63) is 0 Å². The summed E-state index contributed by atoms with van der Waals surface area (Å²) >= 11 is 0. The van der Waals surface area contributed by atoms with Crippen molar-refractivity contribution in [1.82, 2.24) is 4.90 Å². The van der Waals surface area contributed by atoms with Crippen LogP contribution >= 0.6 is 0 Å². The van der Waals surface area contributed by atoms with Crippen LogP contribution in [-0.2, 0) is 9.53 Å². The van der Waals surface area contributed by atoms with Crippen LogP contribution in [0.1, 0.15) is 48.0 Å². The number of hydrogen-bond donors (Lipinski definition) is 0. The average Bonchev–Trinajstić information content (AvgIpc) is 2.10. The Balaban J connectivity index is 4.08. The lowest BCUT2D eigenvalue weighted by molar-refractivity contribution is -0.141. The van der Waals surface area contributed by atoms with E-state index in [4.69, 9.17) is 4.74 Å². The highest BCUT2D eigenvalue weighted by molar-refractivity contribution is 5.77. The highest BCUT2D eigenvalue weighted by Gasteiger charge is 2.19. The van der Waals surface area contributed by atoms with Gasteiger partial charge in [-0.05, 0) is 40.0 Å². The van der Waals surface area contributed by atoms with Gasteiger partial charge in [-0.25, -0.2) is 0 Å². The van der Waals surface area contributed by atoms with Gasteiger partial charge in [-0.2, -0.15) is 0 Å². The fourth-order valence-electron chi connectivity index (χ4n) is 1.47. The summed E-state index contributed by atoms with van der Waals surface area (Å²) in [7, 11) is 1.85. The minimum atomic E-state index is -0.252. The van der Waals surface area contributed by atoms with Crippen LogP contribution in [0.2, 0.25) is 0 Å². The summed E-state index contributed by atoms with van der Waals surface area (Å²) < 4.78 is 5.48. The van der Waals surface area contributed by atoms with Crippen LogP contribution in [0.3, 0.4) is 0 Å². The fraction of sp³-hybridized carbons (Fsp3) is 0.923. The van der Waals surface area contributed by atoms with Crippen molar-refractivity contribution in [3.63, 3.8) is 0 Å². The van der Waals surface area contributed by atoms with Crippen molar-refractivity contribution in [2.24, 2.45) is 5.92 Å². The number of amides is 1. The Morgan fingerprint density at radius 3 is 2.12 bits per heavy atom. The molecular formula is C13H27NO2. The predicted octanol–water partition coefficient (Wildman–Crippen LogP) is 2.69. The first-order chi connectivity index (χ1) is 7.13. The van der Waals surface area contributed by atoms with Gasteiger partial charge in [0, 0.05) is 13.1 Å². The summed E-state index contributed by atoms with van der Waals surface area (Å²) in [6.45, 7) is 12.5. The molecule has 16 heavy (non-hydrogen) atoms. The number of hydrogen-bond acceptors (Lipinski definition) is 2. The molecule has 96 valence electrons. The maximum absolute atomic E-state index is 11.8. The average molecular weight is 229 g/mol. The SMILES string of the molecule is CC(C)CC(C)N(C)C(=O)COC(C)(C)C. The molecule has 0 aliphatic heterocycles. The van der Waals surface area contributed by atoms with Gasteiger partial charge in [-0.1, -0.05) is 13.8 Å². The van der Waals surface area contributed by atoms with Crippen molar-refractivity contribution in [2.45, 2.75) is 59.6 Å². The molecule has 0 aromatic rings. The van der Waals surface area contributed by atoms with Gasteiger partial charge in [0.25, 0.3) is 0 Å². The van der Waals surface area contributed by atoms with Gasteiger partial charge in [0.2, 0.25) is 5.91 Å². The molecule has 1 atom stereocenters. The summed E-state index contributed by atoms with van der Waals surface area (Å²) in [5, 5.41) is 0. The van der Waals surface area contributed by atoms with Crippen LogP contribution in [-0.4, -0.2) is 36.1 Å². The van der Waals surface area contributed by atoms with E-state index in [9.17, 15) is 4.79 Å². The van der Waals surface area contributed by atoms with E-state index < -0.39 is 0 Å². The van der Waals surface area contributed by atoms with Gasteiger partial charge in [-0.3, -0.25) is 4.79 Å². The molecule has 0 aromatic carbocycles. The first-order valence-electron chi connectivity index (χ1n) is 6.03. The highest BCUT2D eigenvalue weighted by atomic mass is 16.5. The molecule has 0 aliphatic rings. The van der Waals surface area contributed by atoms with E-state index in [0.29, 0.717) is 5.92 Å². The molecule has 0 aromatic heterocycles. The fourth-order valence-corrected chi connectivity index (χ4v) is 1.47. The van der Waals surface area contributed by atoms with E-state index in [1.54, 1.807) is 4.90 Å². The molecule has 0 radical (unpaired) electrons. The zero-order valence-corrected chi connectivity index (χ0v) is 11.8. The Morgan fingerprint density at radius 2 is 1.75 bits per heavy atom. The standard InChI is InChI=1S/C13H27NO2/c1-10(2)8-11(3)14(7)12(15)9-16-13(4,5)6/h10-11H,8-9H2,1-7H3. The predicted molar refractivity (Wildman–Crippen MR) is 67.4 cm³/mol. The molecule has 0 heterocycles. The molecule has 3 nitrogen and oxygen atoms in total. The minimum Gasteiger partial charge on any atom is -0.366 e. The summed E-state index contributed by atoms with van der Waals surface area (Å²) in [6.07, 6.45) is 1.03. The van der Waals surface area contributed by atoms with E-state index in [1.165, 1.54) is 0 Å². The molecule has 0 aliphatic carbocycles. The summed E-state index contributed by atoms with van der Waals surface area (Å²) in [4.78, 5) is 13.6. The van der Waals surface area contributed by atoms with E-state index in [0.717, 1.165) is 6.42 Å². The molecule has 0 saturated heterocycles. The Morgan fingerprint density at radius 1 is 1.25 bits per heavy atom. The Hall–Kier alpha value is -0.570. The number of carbonyl (C=O) groups is 1. The van der Waals surface area contributed by atoms with E-state index in [2.05, 4.69) is 20.8 Å². The smallest absolute Gasteiger partial charge is 0.248 e. The minimum absolute atomic E-state index is 0.0584. The van der Waals surface area contributed by atoms with E-state index in [-0.39, 0.29) is 24.2 Å². The van der Waals surface area contributed by atoms with Crippen LogP contribution in [0, 0.1) is 5.92 Å². The molecule has 3 heteroatoms. The first-order valence-corrected chi connectivity index (χ1v) is 6.03. The number of likely N-dealkylation sites (N-methyl/N-ethyl adjacent to an activating group) is 1. The second-order valence-electron chi connectivity index (χ2n) is 5.88. The van der Waals surface area contributed by atoms with Gasteiger partial charge in [0.05, 0.1) is 5.60 Å². The summed E-state index contributed by atoms with van der Waals surface area (Å²) in [5.41, 5.74) is -0.252. The quantitative estimate of drug-likeness (QED) is 0.725. The van der Waals surface area contributed by atoms with Gasteiger partial charge in [-0.15, -0.1) is 0 Å². The van der Waals surface area contributed by atoms with Crippen molar-refractivity contribution >= 4 is 5.91 Å². The van der Waals surface area contributed by atoms with Crippen molar-refractivity contribution in [3.8, 4) is 0 Å². The van der Waals surface area contributed by atoms with Crippen molar-refractivity contribution < 1.29 is 9.53 Å². The molecule has 0 saturated carbocycles. The molecular weight excluding hydrogens is 202 g/mol. The molecule has 0 spiro atoms. The Kier molecular flexibility index (Phi) is 6.01. The Labute approximate surface area is 100 Å². The number of ether oxygens (including phenoxy) is 1. The number of rotatable bonds is 5. The lowest BCUT2D eigenvalue weighted by Gasteiger charge is -2.28. The zero-order chi connectivity index (χ0) is 12.9. The third-order valence-corrected chi connectivity index (χ3v) is 2.50. The second-order valence-corrected chi connectivity index (χ2v) is 5.88. The van der Waals surface area contributed by atoms with Crippen LogP contribution in [0.4, 0.5) is 0 Å². The van der Waals surface area contributed by atoms with Gasteiger partial charge in [0.15, 0.2) is 0 Å². The van der Waals surface area contributed by atoms with Crippen LogP contribution in [0.15, 0.2) is 0 Å².